The van der Waals surface area contributed by atoms with Crippen LogP contribution in [0.1, 0.15) is 43.8 Å². The minimum atomic E-state index is -0.506. The summed E-state index contributed by atoms with van der Waals surface area (Å²) in [5.74, 6) is 1.19. The van der Waals surface area contributed by atoms with Crippen molar-refractivity contribution in [2.45, 2.75) is 40.2 Å². The van der Waals surface area contributed by atoms with Gasteiger partial charge in [0.25, 0.3) is 5.91 Å². The van der Waals surface area contributed by atoms with Gasteiger partial charge in [-0.25, -0.2) is 0 Å². The first kappa shape index (κ1) is 19.9. The van der Waals surface area contributed by atoms with E-state index in [1.807, 2.05) is 25.3 Å². The van der Waals surface area contributed by atoms with E-state index in [0.29, 0.717) is 23.3 Å². The summed E-state index contributed by atoms with van der Waals surface area (Å²) in [6, 6.07) is 3.10. The normalized spacial score (nSPS) is 22.6. The Hall–Kier alpha value is -1.40. The van der Waals surface area contributed by atoms with E-state index in [4.69, 9.17) is 0 Å². The van der Waals surface area contributed by atoms with Crippen LogP contribution in [0.5, 0.6) is 0 Å². The molecule has 1 aromatic heterocycles. The minimum Gasteiger partial charge on any atom is -0.353 e. The van der Waals surface area contributed by atoms with Gasteiger partial charge >= 0.3 is 0 Å². The standard InChI is InChI=1S/C19H31N3O2S/c1-13(2)17(21-18(23)16-6-5-9-25-16)19(24)20-7-8-22-11-14(3)10-15(4)12-22/h5-6,9,13-15,17H,7-8,10-12H2,1-4H3,(H,20,24)(H,21,23). The van der Waals surface area contributed by atoms with Crippen molar-refractivity contribution in [1.29, 1.82) is 0 Å². The molecule has 3 unspecified atom stereocenters. The molecule has 0 aliphatic carbocycles. The van der Waals surface area contributed by atoms with E-state index in [9.17, 15) is 9.59 Å². The summed E-state index contributed by atoms with van der Waals surface area (Å²) in [6.07, 6.45) is 1.28. The van der Waals surface area contributed by atoms with Gasteiger partial charge in [-0.05, 0) is 35.6 Å². The van der Waals surface area contributed by atoms with Gasteiger partial charge in [0.05, 0.1) is 4.88 Å². The maximum Gasteiger partial charge on any atom is 0.262 e. The average Bonchev–Trinajstić information content (AvgIpc) is 3.05. The van der Waals surface area contributed by atoms with Gasteiger partial charge < -0.3 is 15.5 Å². The molecular weight excluding hydrogens is 334 g/mol. The number of thiophene rings is 1. The number of piperidine rings is 1. The van der Waals surface area contributed by atoms with Crippen molar-refractivity contribution in [2.75, 3.05) is 26.2 Å². The number of carbonyl (C=O) groups is 2. The highest BCUT2D eigenvalue weighted by molar-refractivity contribution is 7.12. The Kier molecular flexibility index (Phi) is 7.44. The van der Waals surface area contributed by atoms with Crippen LogP contribution in [0.4, 0.5) is 0 Å². The van der Waals surface area contributed by atoms with Crippen molar-refractivity contribution in [2.24, 2.45) is 17.8 Å². The molecule has 1 aliphatic heterocycles. The van der Waals surface area contributed by atoms with Crippen LogP contribution in [-0.4, -0.2) is 48.9 Å². The van der Waals surface area contributed by atoms with Gasteiger partial charge in [0.1, 0.15) is 6.04 Å². The van der Waals surface area contributed by atoms with Gasteiger partial charge in [-0.1, -0.05) is 33.8 Å². The third-order valence-corrected chi connectivity index (χ3v) is 5.52. The molecule has 140 valence electrons. The van der Waals surface area contributed by atoms with Crippen molar-refractivity contribution < 1.29 is 9.59 Å². The van der Waals surface area contributed by atoms with E-state index in [1.54, 1.807) is 6.07 Å². The topological polar surface area (TPSA) is 61.4 Å². The van der Waals surface area contributed by atoms with Crippen LogP contribution in [0.25, 0.3) is 0 Å². The molecule has 25 heavy (non-hydrogen) atoms. The molecule has 0 aromatic carbocycles. The van der Waals surface area contributed by atoms with Crippen LogP contribution in [-0.2, 0) is 4.79 Å². The van der Waals surface area contributed by atoms with Crippen LogP contribution in [0, 0.1) is 17.8 Å². The molecule has 2 N–H and O–H groups in total. The average molecular weight is 366 g/mol. The zero-order valence-electron chi connectivity index (χ0n) is 15.7. The first-order valence-electron chi connectivity index (χ1n) is 9.21. The minimum absolute atomic E-state index is 0.0407. The third kappa shape index (κ3) is 6.12. The summed E-state index contributed by atoms with van der Waals surface area (Å²) in [5, 5.41) is 7.73. The molecule has 1 fully saturated rings. The maximum absolute atomic E-state index is 12.5. The van der Waals surface area contributed by atoms with Crippen molar-refractivity contribution in [1.82, 2.24) is 15.5 Å². The SMILES string of the molecule is CC1CC(C)CN(CCNC(=O)C(NC(=O)c2cccs2)C(C)C)C1. The van der Waals surface area contributed by atoms with Crippen LogP contribution >= 0.6 is 11.3 Å². The lowest BCUT2D eigenvalue weighted by molar-refractivity contribution is -0.124. The Morgan fingerprint density at radius 1 is 1.28 bits per heavy atom. The second kappa shape index (κ2) is 9.34. The summed E-state index contributed by atoms with van der Waals surface area (Å²) >= 11 is 1.38. The summed E-state index contributed by atoms with van der Waals surface area (Å²) in [4.78, 5) is 27.8. The zero-order valence-corrected chi connectivity index (χ0v) is 16.6. The van der Waals surface area contributed by atoms with E-state index < -0.39 is 6.04 Å². The van der Waals surface area contributed by atoms with Crippen LogP contribution < -0.4 is 10.6 Å². The van der Waals surface area contributed by atoms with Crippen molar-refractivity contribution in [3.05, 3.63) is 22.4 Å². The molecular formula is C19H31N3O2S. The highest BCUT2D eigenvalue weighted by Gasteiger charge is 2.25. The van der Waals surface area contributed by atoms with E-state index in [2.05, 4.69) is 29.4 Å². The first-order chi connectivity index (χ1) is 11.9. The second-order valence-electron chi connectivity index (χ2n) is 7.67. The Balaban J connectivity index is 1.81. The number of rotatable bonds is 7. The first-order valence-corrected chi connectivity index (χ1v) is 10.1. The van der Waals surface area contributed by atoms with Crippen molar-refractivity contribution >= 4 is 23.2 Å². The Labute approximate surface area is 155 Å². The van der Waals surface area contributed by atoms with Gasteiger partial charge in [0.2, 0.25) is 5.91 Å². The summed E-state index contributed by atoms with van der Waals surface area (Å²) < 4.78 is 0. The molecule has 1 saturated heterocycles. The number of hydrogen-bond acceptors (Lipinski definition) is 4. The number of nitrogens with zero attached hydrogens (tertiary/aromatic N) is 1. The fourth-order valence-corrected chi connectivity index (χ4v) is 4.20. The Bertz CT molecular complexity index is 549. The Morgan fingerprint density at radius 3 is 2.52 bits per heavy atom. The highest BCUT2D eigenvalue weighted by Crippen LogP contribution is 2.20. The van der Waals surface area contributed by atoms with E-state index in [1.165, 1.54) is 17.8 Å². The Morgan fingerprint density at radius 2 is 1.96 bits per heavy atom. The molecule has 6 heteroatoms. The fraction of sp³-hybridized carbons (Fsp3) is 0.684. The number of amides is 2. The lowest BCUT2D eigenvalue weighted by Crippen LogP contribution is -2.51. The highest BCUT2D eigenvalue weighted by atomic mass is 32.1. The van der Waals surface area contributed by atoms with Crippen LogP contribution in [0.2, 0.25) is 0 Å². The molecule has 2 amide bonds. The predicted octanol–water partition coefficient (Wildman–Crippen LogP) is 2.60. The molecule has 3 atom stereocenters. The van der Waals surface area contributed by atoms with Gasteiger partial charge in [0, 0.05) is 26.2 Å². The predicted molar refractivity (Wildman–Crippen MR) is 103 cm³/mol. The smallest absolute Gasteiger partial charge is 0.262 e. The van der Waals surface area contributed by atoms with E-state index in [-0.39, 0.29) is 17.7 Å². The molecule has 0 radical (unpaired) electrons. The van der Waals surface area contributed by atoms with Gasteiger partial charge in [-0.15, -0.1) is 11.3 Å². The number of nitrogens with one attached hydrogen (secondary N) is 2. The quantitative estimate of drug-likeness (QED) is 0.781. The summed E-state index contributed by atoms with van der Waals surface area (Å²) in [5.41, 5.74) is 0. The zero-order chi connectivity index (χ0) is 18.4. The summed E-state index contributed by atoms with van der Waals surface area (Å²) in [6.45, 7) is 12.2. The largest absolute Gasteiger partial charge is 0.353 e. The van der Waals surface area contributed by atoms with Crippen LogP contribution in [0.3, 0.4) is 0 Å². The van der Waals surface area contributed by atoms with Crippen LogP contribution in [0.15, 0.2) is 17.5 Å². The monoisotopic (exact) mass is 365 g/mol. The number of hydrogen-bond donors (Lipinski definition) is 2. The fourth-order valence-electron chi connectivity index (χ4n) is 3.58. The molecule has 1 aromatic rings. The van der Waals surface area contributed by atoms with Crippen molar-refractivity contribution in [3.8, 4) is 0 Å². The molecule has 0 spiro atoms. The van der Waals surface area contributed by atoms with Gasteiger partial charge in [-0.2, -0.15) is 0 Å². The number of carbonyl (C=O) groups excluding carboxylic acids is 2. The lowest BCUT2D eigenvalue weighted by Gasteiger charge is -2.35. The lowest BCUT2D eigenvalue weighted by atomic mass is 9.92. The number of likely N-dealkylation sites (tertiary alicyclic amines) is 1. The second-order valence-corrected chi connectivity index (χ2v) is 8.62. The molecule has 0 bridgehead atoms. The van der Waals surface area contributed by atoms with Crippen molar-refractivity contribution in [3.63, 3.8) is 0 Å². The molecule has 0 saturated carbocycles. The molecule has 5 nitrogen and oxygen atoms in total. The summed E-state index contributed by atoms with van der Waals surface area (Å²) in [7, 11) is 0. The van der Waals surface area contributed by atoms with E-state index in [0.717, 1.165) is 19.6 Å². The third-order valence-electron chi connectivity index (χ3n) is 4.65. The van der Waals surface area contributed by atoms with E-state index >= 15 is 0 Å². The molecule has 1 aliphatic rings. The molecule has 2 rings (SSSR count). The van der Waals surface area contributed by atoms with Gasteiger partial charge in [-0.3, -0.25) is 9.59 Å². The molecule has 2 heterocycles. The maximum atomic E-state index is 12.5. The van der Waals surface area contributed by atoms with Gasteiger partial charge in [0.15, 0.2) is 0 Å².